The maximum Gasteiger partial charge on any atom is 0.203 e. The first-order chi connectivity index (χ1) is 18.0. The van der Waals surface area contributed by atoms with Crippen LogP contribution >= 0.6 is 12.4 Å². The number of pyridine rings is 2. The standard InChI is InChI=1S/C29H32N4O4.ClH/c1-32(2)11-6-12-37-25-15-23-21-7-9-30-16-19(21)18-33(28(23)24-17-31-10-8-22(24)25)20-13-26(34-3)29(36-5)27(14-20)35-4;/h7-10,13-17H,6,11-12,18H2,1-5H3;1H. The van der Waals surface area contributed by atoms with Crippen molar-refractivity contribution in [3.8, 4) is 34.1 Å². The molecule has 0 atom stereocenters. The van der Waals surface area contributed by atoms with E-state index >= 15 is 0 Å². The van der Waals surface area contributed by atoms with E-state index in [1.165, 1.54) is 0 Å². The first kappa shape index (κ1) is 27.3. The van der Waals surface area contributed by atoms with Crippen LogP contribution in [0.3, 0.4) is 0 Å². The normalized spacial score (nSPS) is 12.0. The van der Waals surface area contributed by atoms with Crippen molar-refractivity contribution >= 4 is 34.6 Å². The van der Waals surface area contributed by atoms with Crippen molar-refractivity contribution in [1.82, 2.24) is 14.9 Å². The summed E-state index contributed by atoms with van der Waals surface area (Å²) in [5.74, 6) is 2.60. The molecule has 38 heavy (non-hydrogen) atoms. The van der Waals surface area contributed by atoms with E-state index in [1.807, 2.05) is 43.0 Å². The smallest absolute Gasteiger partial charge is 0.203 e. The Morgan fingerprint density at radius 2 is 1.55 bits per heavy atom. The van der Waals surface area contributed by atoms with Crippen molar-refractivity contribution in [2.75, 3.05) is 53.5 Å². The SMILES string of the molecule is COc1cc(N2Cc3cnccc3-c3cc(OCCCN(C)C)c4ccncc4c32)cc(OC)c1OC.Cl. The van der Waals surface area contributed by atoms with Crippen LogP contribution in [-0.2, 0) is 6.54 Å². The van der Waals surface area contributed by atoms with E-state index in [9.17, 15) is 0 Å². The van der Waals surface area contributed by atoms with Crippen LogP contribution in [-0.4, -0.2) is 63.4 Å². The van der Waals surface area contributed by atoms with Gasteiger partial charge in [0.1, 0.15) is 5.75 Å². The number of nitrogens with zero attached hydrogens (tertiary/aromatic N) is 4. The van der Waals surface area contributed by atoms with Gasteiger partial charge in [0.05, 0.1) is 40.2 Å². The summed E-state index contributed by atoms with van der Waals surface area (Å²) >= 11 is 0. The molecule has 0 N–H and O–H groups in total. The number of halogens is 1. The van der Waals surface area contributed by atoms with Gasteiger partial charge in [-0.3, -0.25) is 9.97 Å². The third kappa shape index (κ3) is 5.01. The Kier molecular flexibility index (Phi) is 8.44. The molecule has 0 saturated heterocycles. The topological polar surface area (TPSA) is 69.2 Å². The molecule has 1 aliphatic heterocycles. The molecule has 200 valence electrons. The number of hydrogen-bond acceptors (Lipinski definition) is 8. The molecule has 0 spiro atoms. The summed E-state index contributed by atoms with van der Waals surface area (Å²) in [7, 11) is 9.01. The lowest BCUT2D eigenvalue weighted by Crippen LogP contribution is -2.22. The van der Waals surface area contributed by atoms with Crippen LogP contribution in [0.4, 0.5) is 11.4 Å². The molecule has 9 heteroatoms. The Hall–Kier alpha value is -3.75. The average molecular weight is 537 g/mol. The summed E-state index contributed by atoms with van der Waals surface area (Å²) in [6, 6.07) is 10.2. The molecule has 2 aromatic carbocycles. The Balaban J connectivity index is 0.00000336. The van der Waals surface area contributed by atoms with Gasteiger partial charge in [-0.05, 0) is 49.8 Å². The van der Waals surface area contributed by atoms with Crippen LogP contribution in [0.1, 0.15) is 12.0 Å². The molecule has 0 unspecified atom stereocenters. The quantitative estimate of drug-likeness (QED) is 0.251. The zero-order chi connectivity index (χ0) is 25.9. The van der Waals surface area contributed by atoms with Gasteiger partial charge in [0.2, 0.25) is 5.75 Å². The van der Waals surface area contributed by atoms with Crippen LogP contribution in [0.5, 0.6) is 23.0 Å². The van der Waals surface area contributed by atoms with Crippen LogP contribution < -0.4 is 23.8 Å². The highest BCUT2D eigenvalue weighted by Gasteiger charge is 2.29. The minimum absolute atomic E-state index is 0. The molecule has 0 bridgehead atoms. The zero-order valence-corrected chi connectivity index (χ0v) is 23.2. The van der Waals surface area contributed by atoms with E-state index in [-0.39, 0.29) is 12.4 Å². The number of anilines is 2. The molecular weight excluding hydrogens is 504 g/mol. The predicted molar refractivity (Wildman–Crippen MR) is 153 cm³/mol. The zero-order valence-electron chi connectivity index (χ0n) is 22.4. The van der Waals surface area contributed by atoms with Gasteiger partial charge in [-0.2, -0.15) is 0 Å². The van der Waals surface area contributed by atoms with Gasteiger partial charge in [-0.25, -0.2) is 0 Å². The minimum atomic E-state index is 0. The summed E-state index contributed by atoms with van der Waals surface area (Å²) < 4.78 is 23.2. The number of aromatic nitrogens is 2. The lowest BCUT2D eigenvalue weighted by atomic mass is 9.91. The second kappa shape index (κ2) is 11.8. The molecule has 5 rings (SSSR count). The first-order valence-corrected chi connectivity index (χ1v) is 12.2. The maximum atomic E-state index is 6.35. The van der Waals surface area contributed by atoms with E-state index in [0.717, 1.165) is 57.6 Å². The fraction of sp³-hybridized carbons (Fsp3) is 0.310. The Morgan fingerprint density at radius 1 is 0.842 bits per heavy atom. The Bertz CT molecular complexity index is 1400. The summed E-state index contributed by atoms with van der Waals surface area (Å²) in [5, 5.41) is 2.03. The lowest BCUT2D eigenvalue weighted by Gasteiger charge is -2.34. The van der Waals surface area contributed by atoms with Gasteiger partial charge >= 0.3 is 0 Å². The number of benzene rings is 2. The van der Waals surface area contributed by atoms with Gasteiger partial charge in [0.25, 0.3) is 0 Å². The van der Waals surface area contributed by atoms with E-state index in [4.69, 9.17) is 18.9 Å². The molecule has 0 radical (unpaired) electrons. The van der Waals surface area contributed by atoms with E-state index in [1.54, 1.807) is 21.3 Å². The van der Waals surface area contributed by atoms with Crippen molar-refractivity contribution in [3.05, 3.63) is 60.7 Å². The molecule has 3 heterocycles. The summed E-state index contributed by atoms with van der Waals surface area (Å²) in [6.45, 7) is 2.23. The number of methoxy groups -OCH3 is 3. The monoisotopic (exact) mass is 536 g/mol. The lowest BCUT2D eigenvalue weighted by molar-refractivity contribution is 0.284. The highest BCUT2D eigenvalue weighted by Crippen LogP contribution is 2.51. The predicted octanol–water partition coefficient (Wildman–Crippen LogP) is 5.73. The molecule has 0 saturated carbocycles. The summed E-state index contributed by atoms with van der Waals surface area (Å²) in [6.07, 6.45) is 8.43. The largest absolute Gasteiger partial charge is 0.493 e. The summed E-state index contributed by atoms with van der Waals surface area (Å²) in [4.78, 5) is 13.3. The Morgan fingerprint density at radius 3 is 2.24 bits per heavy atom. The number of ether oxygens (including phenoxy) is 4. The fourth-order valence-electron chi connectivity index (χ4n) is 4.91. The fourth-order valence-corrected chi connectivity index (χ4v) is 4.91. The van der Waals surface area contributed by atoms with Crippen LogP contribution in [0.25, 0.3) is 21.9 Å². The highest BCUT2D eigenvalue weighted by atomic mass is 35.5. The third-order valence-corrected chi connectivity index (χ3v) is 6.63. The van der Waals surface area contributed by atoms with E-state index in [0.29, 0.717) is 30.4 Å². The van der Waals surface area contributed by atoms with Crippen LogP contribution in [0, 0.1) is 0 Å². The maximum absolute atomic E-state index is 6.35. The van der Waals surface area contributed by atoms with E-state index < -0.39 is 0 Å². The molecule has 2 aromatic heterocycles. The second-order valence-corrected chi connectivity index (χ2v) is 9.20. The van der Waals surface area contributed by atoms with Crippen molar-refractivity contribution < 1.29 is 18.9 Å². The van der Waals surface area contributed by atoms with Gasteiger partial charge in [-0.15, -0.1) is 12.4 Å². The first-order valence-electron chi connectivity index (χ1n) is 12.2. The van der Waals surface area contributed by atoms with Crippen molar-refractivity contribution in [2.45, 2.75) is 13.0 Å². The molecule has 0 amide bonds. The third-order valence-electron chi connectivity index (χ3n) is 6.63. The van der Waals surface area contributed by atoms with Gasteiger partial charge < -0.3 is 28.7 Å². The average Bonchev–Trinajstić information content (AvgIpc) is 2.93. The number of fused-ring (bicyclic) bond motifs is 5. The molecule has 4 aromatic rings. The summed E-state index contributed by atoms with van der Waals surface area (Å²) in [5.41, 5.74) is 5.29. The molecule has 1 aliphatic rings. The van der Waals surface area contributed by atoms with Crippen LogP contribution in [0.15, 0.2) is 55.1 Å². The van der Waals surface area contributed by atoms with Crippen molar-refractivity contribution in [3.63, 3.8) is 0 Å². The van der Waals surface area contributed by atoms with Crippen LogP contribution in [0.2, 0.25) is 0 Å². The molecule has 8 nitrogen and oxygen atoms in total. The van der Waals surface area contributed by atoms with Gasteiger partial charge in [0, 0.05) is 65.5 Å². The Labute approximate surface area is 229 Å². The van der Waals surface area contributed by atoms with Crippen molar-refractivity contribution in [1.29, 1.82) is 0 Å². The molecule has 0 fully saturated rings. The highest BCUT2D eigenvalue weighted by molar-refractivity contribution is 6.07. The molecular formula is C29H33ClN4O4. The van der Waals surface area contributed by atoms with E-state index in [2.05, 4.69) is 46.0 Å². The number of hydrogen-bond donors (Lipinski definition) is 0. The van der Waals surface area contributed by atoms with Crippen molar-refractivity contribution in [2.24, 2.45) is 0 Å². The molecule has 0 aliphatic carbocycles. The minimum Gasteiger partial charge on any atom is -0.493 e. The van der Waals surface area contributed by atoms with Gasteiger partial charge in [0.15, 0.2) is 11.5 Å². The number of rotatable bonds is 9. The van der Waals surface area contributed by atoms with Gasteiger partial charge in [-0.1, -0.05) is 0 Å². The second-order valence-electron chi connectivity index (χ2n) is 9.20.